The van der Waals surface area contributed by atoms with E-state index in [4.69, 9.17) is 9.47 Å². The summed E-state index contributed by atoms with van der Waals surface area (Å²) in [5.41, 5.74) is 9.61. The maximum atomic E-state index is 13.2. The number of methoxy groups -OCH3 is 1. The second-order valence-electron chi connectivity index (χ2n) is 9.26. The predicted octanol–water partition coefficient (Wildman–Crippen LogP) is 3.67. The zero-order chi connectivity index (χ0) is 24.9. The van der Waals surface area contributed by atoms with Crippen molar-refractivity contribution in [1.29, 1.82) is 0 Å². The van der Waals surface area contributed by atoms with Crippen LogP contribution < -0.4 is 25.2 Å². The molecule has 7 nitrogen and oxygen atoms in total. The molecule has 2 unspecified atom stereocenters. The highest BCUT2D eigenvalue weighted by atomic mass is 19.1. The number of benzene rings is 3. The number of halogens is 1. The van der Waals surface area contributed by atoms with Crippen LogP contribution in [0.2, 0.25) is 0 Å². The second kappa shape index (κ2) is 11.2. The highest BCUT2D eigenvalue weighted by Crippen LogP contribution is 2.39. The number of rotatable bonds is 8. The van der Waals surface area contributed by atoms with Crippen LogP contribution in [0.25, 0.3) is 0 Å². The maximum Gasteiger partial charge on any atom is 0.124 e. The summed E-state index contributed by atoms with van der Waals surface area (Å²) >= 11 is 0. The van der Waals surface area contributed by atoms with E-state index in [1.54, 1.807) is 13.2 Å². The first kappa shape index (κ1) is 24.4. The van der Waals surface area contributed by atoms with Crippen LogP contribution in [-0.2, 0) is 0 Å². The van der Waals surface area contributed by atoms with Gasteiger partial charge in [0.1, 0.15) is 29.7 Å². The fourth-order valence-electron chi connectivity index (χ4n) is 5.00. The van der Waals surface area contributed by atoms with E-state index in [-0.39, 0.29) is 23.5 Å². The second-order valence-corrected chi connectivity index (χ2v) is 9.26. The molecule has 190 valence electrons. The van der Waals surface area contributed by atoms with E-state index >= 15 is 0 Å². The van der Waals surface area contributed by atoms with Gasteiger partial charge in [-0.3, -0.25) is 10.3 Å². The Balaban J connectivity index is 1.12. The molecule has 36 heavy (non-hydrogen) atoms. The Kier molecular flexibility index (Phi) is 7.55. The molecule has 2 atom stereocenters. The molecule has 2 aliphatic heterocycles. The third kappa shape index (κ3) is 5.56. The molecule has 0 saturated carbocycles. The number of hydrazine groups is 1. The van der Waals surface area contributed by atoms with E-state index in [1.165, 1.54) is 17.7 Å². The molecule has 3 aromatic carbocycles. The number of nitrogens with one attached hydrogen (secondary N) is 2. The summed E-state index contributed by atoms with van der Waals surface area (Å²) in [4.78, 5) is 4.64. The van der Waals surface area contributed by atoms with E-state index in [0.717, 1.165) is 56.3 Å². The van der Waals surface area contributed by atoms with Gasteiger partial charge in [-0.2, -0.15) is 0 Å². The van der Waals surface area contributed by atoms with Crippen molar-refractivity contribution in [3.05, 3.63) is 83.7 Å². The zero-order valence-electron chi connectivity index (χ0n) is 20.5. The Morgan fingerprint density at radius 2 is 1.67 bits per heavy atom. The molecule has 0 aromatic heterocycles. The summed E-state index contributed by atoms with van der Waals surface area (Å²) in [7, 11) is 1.66. The third-order valence-electron chi connectivity index (χ3n) is 7.10. The smallest absolute Gasteiger partial charge is 0.124 e. The van der Waals surface area contributed by atoms with Crippen LogP contribution in [0.1, 0.15) is 23.1 Å². The van der Waals surface area contributed by atoms with Gasteiger partial charge in [0.05, 0.1) is 13.2 Å². The molecule has 0 spiro atoms. The minimum Gasteiger partial charge on any atom is -0.507 e. The van der Waals surface area contributed by atoms with Crippen molar-refractivity contribution in [3.63, 3.8) is 0 Å². The lowest BCUT2D eigenvalue weighted by Crippen LogP contribution is -2.47. The van der Waals surface area contributed by atoms with Crippen molar-refractivity contribution in [3.8, 4) is 17.2 Å². The molecule has 8 heteroatoms. The fraction of sp³-hybridized carbons (Fsp3) is 0.357. The van der Waals surface area contributed by atoms with Crippen molar-refractivity contribution >= 4 is 5.69 Å². The van der Waals surface area contributed by atoms with Gasteiger partial charge in [0.15, 0.2) is 0 Å². The summed E-state index contributed by atoms with van der Waals surface area (Å²) in [6, 6.07) is 20.3. The van der Waals surface area contributed by atoms with Crippen LogP contribution in [-0.4, -0.2) is 63.0 Å². The lowest BCUT2D eigenvalue weighted by Gasteiger charge is -2.36. The monoisotopic (exact) mass is 492 g/mol. The largest absolute Gasteiger partial charge is 0.507 e. The lowest BCUT2D eigenvalue weighted by molar-refractivity contribution is 0.200. The minimum absolute atomic E-state index is 0.0511. The molecule has 0 bridgehead atoms. The predicted molar refractivity (Wildman–Crippen MR) is 138 cm³/mol. The van der Waals surface area contributed by atoms with E-state index in [0.29, 0.717) is 12.4 Å². The van der Waals surface area contributed by atoms with Gasteiger partial charge in [0, 0.05) is 62.5 Å². The van der Waals surface area contributed by atoms with Gasteiger partial charge < -0.3 is 19.5 Å². The summed E-state index contributed by atoms with van der Waals surface area (Å²) in [6.07, 6.45) is 0. The summed E-state index contributed by atoms with van der Waals surface area (Å²) in [5.74, 6) is 1.69. The van der Waals surface area contributed by atoms with Crippen molar-refractivity contribution in [2.45, 2.75) is 12.0 Å². The van der Waals surface area contributed by atoms with Crippen LogP contribution >= 0.6 is 0 Å². The van der Waals surface area contributed by atoms with Crippen molar-refractivity contribution in [2.75, 3.05) is 57.9 Å². The van der Waals surface area contributed by atoms with Gasteiger partial charge in [-0.05, 0) is 48.0 Å². The molecule has 3 aromatic rings. The van der Waals surface area contributed by atoms with E-state index in [2.05, 4.69) is 32.8 Å². The topological polar surface area (TPSA) is 69.2 Å². The third-order valence-corrected chi connectivity index (χ3v) is 7.10. The summed E-state index contributed by atoms with van der Waals surface area (Å²) in [5, 5.41) is 10.8. The molecule has 2 fully saturated rings. The number of aromatic hydroxyl groups is 1. The summed E-state index contributed by atoms with van der Waals surface area (Å²) < 4.78 is 24.4. The molecular weight excluding hydrogens is 459 g/mol. The molecule has 0 amide bonds. The van der Waals surface area contributed by atoms with Gasteiger partial charge in [-0.1, -0.05) is 18.2 Å². The van der Waals surface area contributed by atoms with Gasteiger partial charge in [0.2, 0.25) is 0 Å². The first-order valence-corrected chi connectivity index (χ1v) is 12.4. The van der Waals surface area contributed by atoms with Crippen molar-refractivity contribution in [2.24, 2.45) is 0 Å². The van der Waals surface area contributed by atoms with Gasteiger partial charge in [-0.15, -0.1) is 0 Å². The van der Waals surface area contributed by atoms with Crippen LogP contribution in [0.4, 0.5) is 10.1 Å². The number of hydrogen-bond donors (Lipinski definition) is 3. The normalized spacial score (nSPS) is 20.4. The minimum atomic E-state index is -0.207. The van der Waals surface area contributed by atoms with E-state index in [9.17, 15) is 9.50 Å². The highest BCUT2D eigenvalue weighted by Gasteiger charge is 2.31. The quantitative estimate of drug-likeness (QED) is 0.443. The zero-order valence-corrected chi connectivity index (χ0v) is 20.5. The van der Waals surface area contributed by atoms with E-state index < -0.39 is 0 Å². The Labute approximate surface area is 211 Å². The first-order chi connectivity index (χ1) is 17.6. The Morgan fingerprint density at radius 3 is 2.36 bits per heavy atom. The molecule has 2 saturated heterocycles. The van der Waals surface area contributed by atoms with Gasteiger partial charge in [-0.25, -0.2) is 9.82 Å². The highest BCUT2D eigenvalue weighted by molar-refractivity contribution is 5.47. The number of phenolic OH excluding ortho intramolecular Hbond substituents is 1. The Bertz CT molecular complexity index is 1130. The number of anilines is 1. The van der Waals surface area contributed by atoms with Crippen LogP contribution in [0.3, 0.4) is 0 Å². The SMILES string of the molecule is COc1ccc(C2CNNC2c2ccc(OCCN3CCN(c4ccc(F)cc4)CC3)cc2O)cc1. The van der Waals surface area contributed by atoms with Crippen LogP contribution in [0.5, 0.6) is 17.2 Å². The molecule has 0 aliphatic carbocycles. The van der Waals surface area contributed by atoms with Crippen molar-refractivity contribution < 1.29 is 19.0 Å². The van der Waals surface area contributed by atoms with Gasteiger partial charge in [0.25, 0.3) is 0 Å². The molecule has 2 heterocycles. The number of ether oxygens (including phenoxy) is 2. The number of piperazine rings is 1. The number of nitrogens with zero attached hydrogens (tertiary/aromatic N) is 2. The van der Waals surface area contributed by atoms with Crippen molar-refractivity contribution in [1.82, 2.24) is 15.8 Å². The fourth-order valence-corrected chi connectivity index (χ4v) is 5.00. The lowest BCUT2D eigenvalue weighted by atomic mass is 9.88. The molecule has 2 aliphatic rings. The molecular formula is C28H33FN4O3. The average molecular weight is 493 g/mol. The standard InChI is InChI=1S/C28H33FN4O3/c1-35-23-8-2-20(3-9-23)26-19-30-31-28(26)25-11-10-24(18-27(25)34)36-17-16-32-12-14-33(15-13-32)22-6-4-21(29)5-7-22/h2-11,18,26,28,30-31,34H,12-17,19H2,1H3. The van der Waals surface area contributed by atoms with E-state index in [1.807, 2.05) is 36.4 Å². The molecule has 0 radical (unpaired) electrons. The molecule has 5 rings (SSSR count). The molecule has 3 N–H and O–H groups in total. The Hall–Kier alpha value is -3.33. The average Bonchev–Trinajstić information content (AvgIpc) is 3.39. The Morgan fingerprint density at radius 1 is 0.944 bits per heavy atom. The summed E-state index contributed by atoms with van der Waals surface area (Å²) in [6.45, 7) is 5.79. The first-order valence-electron chi connectivity index (χ1n) is 12.4. The van der Waals surface area contributed by atoms with Gasteiger partial charge >= 0.3 is 0 Å². The number of hydrogen-bond acceptors (Lipinski definition) is 7. The van der Waals surface area contributed by atoms with Crippen LogP contribution in [0, 0.1) is 5.82 Å². The maximum absolute atomic E-state index is 13.2. The number of phenols is 1. The van der Waals surface area contributed by atoms with Crippen LogP contribution in [0.15, 0.2) is 66.7 Å².